The summed E-state index contributed by atoms with van der Waals surface area (Å²) >= 11 is 0. The molecule has 0 bridgehead atoms. The van der Waals surface area contributed by atoms with E-state index in [0.29, 0.717) is 43.3 Å². The molecule has 0 radical (unpaired) electrons. The van der Waals surface area contributed by atoms with Crippen molar-refractivity contribution in [1.82, 2.24) is 10.6 Å². The van der Waals surface area contributed by atoms with Gasteiger partial charge in [-0.15, -0.1) is 0 Å². The fourth-order valence-electron chi connectivity index (χ4n) is 3.93. The fourth-order valence-corrected chi connectivity index (χ4v) is 3.93. The van der Waals surface area contributed by atoms with Gasteiger partial charge in [-0.3, -0.25) is 14.4 Å². The van der Waals surface area contributed by atoms with Crippen molar-refractivity contribution in [2.24, 2.45) is 5.92 Å². The monoisotopic (exact) mass is 401 g/mol. The third kappa shape index (κ3) is 6.85. The third-order valence-corrected chi connectivity index (χ3v) is 5.56. The van der Waals surface area contributed by atoms with Gasteiger partial charge in [-0.05, 0) is 55.9 Å². The highest BCUT2D eigenvalue weighted by Crippen LogP contribution is 2.26. The molecule has 0 spiro atoms. The van der Waals surface area contributed by atoms with Crippen LogP contribution in [0.4, 0.5) is 5.69 Å². The summed E-state index contributed by atoms with van der Waals surface area (Å²) in [4.78, 5) is 36.2. The van der Waals surface area contributed by atoms with Gasteiger partial charge in [-0.25, -0.2) is 0 Å². The molecular formula is C22H31N3O4. The van der Waals surface area contributed by atoms with Crippen LogP contribution in [0, 0.1) is 5.92 Å². The number of ether oxygens (including phenoxy) is 1. The topological polar surface area (TPSA) is 96.5 Å². The van der Waals surface area contributed by atoms with Gasteiger partial charge in [0.15, 0.2) is 0 Å². The summed E-state index contributed by atoms with van der Waals surface area (Å²) in [6, 6.07) is 6.87. The van der Waals surface area contributed by atoms with Gasteiger partial charge in [0.25, 0.3) is 5.91 Å². The lowest BCUT2D eigenvalue weighted by Crippen LogP contribution is -2.39. The minimum absolute atomic E-state index is 0.0380. The van der Waals surface area contributed by atoms with E-state index in [-0.39, 0.29) is 23.8 Å². The van der Waals surface area contributed by atoms with E-state index in [1.807, 2.05) is 0 Å². The van der Waals surface area contributed by atoms with Gasteiger partial charge in [0.2, 0.25) is 11.8 Å². The maximum atomic E-state index is 12.2. The Bertz CT molecular complexity index is 693. The number of benzene rings is 1. The minimum atomic E-state index is -0.355. The van der Waals surface area contributed by atoms with E-state index < -0.39 is 0 Å². The van der Waals surface area contributed by atoms with E-state index in [0.717, 1.165) is 25.7 Å². The number of carbonyl (C=O) groups excluding carboxylic acids is 3. The number of carbonyl (C=O) groups is 3. The Hall–Kier alpha value is -2.41. The highest BCUT2D eigenvalue weighted by atomic mass is 16.5. The van der Waals surface area contributed by atoms with Crippen molar-refractivity contribution < 1.29 is 19.1 Å². The van der Waals surface area contributed by atoms with Crippen molar-refractivity contribution >= 4 is 23.4 Å². The summed E-state index contributed by atoms with van der Waals surface area (Å²) in [5.74, 6) is 0.201. The van der Waals surface area contributed by atoms with Crippen LogP contribution in [0.15, 0.2) is 24.3 Å². The van der Waals surface area contributed by atoms with Crippen LogP contribution in [0.5, 0.6) is 0 Å². The van der Waals surface area contributed by atoms with Crippen LogP contribution in [0.25, 0.3) is 0 Å². The number of hydrogen-bond donors (Lipinski definition) is 3. The summed E-state index contributed by atoms with van der Waals surface area (Å²) in [6.07, 6.45) is 7.88. The van der Waals surface area contributed by atoms with E-state index in [9.17, 15) is 14.4 Å². The molecule has 1 aromatic rings. The summed E-state index contributed by atoms with van der Waals surface area (Å²) in [7, 11) is 0. The lowest BCUT2D eigenvalue weighted by molar-refractivity contribution is -0.130. The van der Waals surface area contributed by atoms with Crippen LogP contribution in [-0.4, -0.2) is 43.5 Å². The first-order chi connectivity index (χ1) is 14.1. The van der Waals surface area contributed by atoms with Crippen molar-refractivity contribution in [3.05, 3.63) is 29.8 Å². The van der Waals surface area contributed by atoms with E-state index in [2.05, 4.69) is 16.0 Å². The Morgan fingerprint density at radius 1 is 0.897 bits per heavy atom. The van der Waals surface area contributed by atoms with Crippen molar-refractivity contribution in [2.75, 3.05) is 25.0 Å². The highest BCUT2D eigenvalue weighted by molar-refractivity contribution is 5.95. The molecule has 7 heteroatoms. The van der Waals surface area contributed by atoms with E-state index in [4.69, 9.17) is 4.74 Å². The molecule has 1 atom stereocenters. The molecule has 158 valence electrons. The third-order valence-electron chi connectivity index (χ3n) is 5.56. The van der Waals surface area contributed by atoms with Crippen LogP contribution in [-0.2, 0) is 14.3 Å². The highest BCUT2D eigenvalue weighted by Gasteiger charge is 2.23. The Kier molecular flexibility index (Phi) is 8.04. The normalized spacial score (nSPS) is 19.5. The zero-order valence-electron chi connectivity index (χ0n) is 16.9. The number of rotatable bonds is 8. The summed E-state index contributed by atoms with van der Waals surface area (Å²) in [6.45, 7) is 1.34. The Morgan fingerprint density at radius 2 is 1.62 bits per heavy atom. The number of anilines is 1. The molecule has 1 aromatic carbocycles. The first kappa shape index (κ1) is 21.3. The molecule has 7 nitrogen and oxygen atoms in total. The number of amides is 3. The standard InChI is InChI=1S/C22H31N3O4/c26-20(15-16-5-2-1-3-6-16)25-18-10-8-17(9-11-18)21(27)23-12-13-24-22(28)19-7-4-14-29-19/h8-11,16,19H,1-7,12-15H2,(H,23,27)(H,24,28)(H,25,26). The van der Waals surface area contributed by atoms with Gasteiger partial charge >= 0.3 is 0 Å². The second kappa shape index (κ2) is 11.0. The molecule has 3 amide bonds. The lowest BCUT2D eigenvalue weighted by Gasteiger charge is -2.20. The average molecular weight is 402 g/mol. The molecule has 1 saturated carbocycles. The zero-order chi connectivity index (χ0) is 20.5. The first-order valence-electron chi connectivity index (χ1n) is 10.7. The Labute approximate surface area is 172 Å². The predicted octanol–water partition coefficient (Wildman–Crippen LogP) is 2.62. The minimum Gasteiger partial charge on any atom is -0.368 e. The van der Waals surface area contributed by atoms with Crippen molar-refractivity contribution in [3.63, 3.8) is 0 Å². The van der Waals surface area contributed by atoms with E-state index in [1.54, 1.807) is 24.3 Å². The number of hydrogen-bond acceptors (Lipinski definition) is 4. The molecule has 1 aliphatic carbocycles. The molecular weight excluding hydrogens is 370 g/mol. The van der Waals surface area contributed by atoms with Gasteiger partial charge in [-0.2, -0.15) is 0 Å². The average Bonchev–Trinajstić information content (AvgIpc) is 3.27. The van der Waals surface area contributed by atoms with Crippen molar-refractivity contribution in [2.45, 2.75) is 57.5 Å². The maximum Gasteiger partial charge on any atom is 0.251 e. The van der Waals surface area contributed by atoms with Crippen molar-refractivity contribution in [1.29, 1.82) is 0 Å². The Balaban J connectivity index is 1.35. The van der Waals surface area contributed by atoms with Gasteiger partial charge in [-0.1, -0.05) is 19.3 Å². The molecule has 1 aliphatic heterocycles. The van der Waals surface area contributed by atoms with Crippen molar-refractivity contribution in [3.8, 4) is 0 Å². The SMILES string of the molecule is O=C(CC1CCCCC1)Nc1ccc(C(=O)NCCNC(=O)C2CCCO2)cc1. The molecule has 1 unspecified atom stereocenters. The molecule has 1 heterocycles. The second-order valence-electron chi connectivity index (χ2n) is 7.88. The van der Waals surface area contributed by atoms with E-state index >= 15 is 0 Å². The fraction of sp³-hybridized carbons (Fsp3) is 0.591. The van der Waals surface area contributed by atoms with Crippen LogP contribution in [0.3, 0.4) is 0 Å². The maximum absolute atomic E-state index is 12.2. The van der Waals surface area contributed by atoms with E-state index in [1.165, 1.54) is 19.3 Å². The zero-order valence-corrected chi connectivity index (χ0v) is 16.9. The summed E-state index contributed by atoms with van der Waals surface area (Å²) in [5.41, 5.74) is 1.21. The predicted molar refractivity (Wildman–Crippen MR) is 111 cm³/mol. The van der Waals surface area contributed by atoms with Gasteiger partial charge in [0, 0.05) is 37.4 Å². The lowest BCUT2D eigenvalue weighted by atomic mass is 9.87. The van der Waals surface area contributed by atoms with Crippen LogP contribution in [0.1, 0.15) is 61.7 Å². The quantitative estimate of drug-likeness (QED) is 0.584. The summed E-state index contributed by atoms with van der Waals surface area (Å²) < 4.78 is 5.31. The molecule has 1 saturated heterocycles. The van der Waals surface area contributed by atoms with Crippen LogP contribution in [0.2, 0.25) is 0 Å². The molecule has 2 aliphatic rings. The smallest absolute Gasteiger partial charge is 0.251 e. The van der Waals surface area contributed by atoms with Gasteiger partial charge < -0.3 is 20.7 Å². The first-order valence-corrected chi connectivity index (χ1v) is 10.7. The van der Waals surface area contributed by atoms with Crippen LogP contribution >= 0.6 is 0 Å². The van der Waals surface area contributed by atoms with Crippen LogP contribution < -0.4 is 16.0 Å². The number of nitrogens with one attached hydrogen (secondary N) is 3. The summed E-state index contributed by atoms with van der Waals surface area (Å²) in [5, 5.41) is 8.46. The molecule has 3 N–H and O–H groups in total. The molecule has 29 heavy (non-hydrogen) atoms. The molecule has 2 fully saturated rings. The molecule has 0 aromatic heterocycles. The largest absolute Gasteiger partial charge is 0.368 e. The van der Waals surface area contributed by atoms with Gasteiger partial charge in [0.1, 0.15) is 6.10 Å². The Morgan fingerprint density at radius 3 is 2.31 bits per heavy atom. The van der Waals surface area contributed by atoms with Gasteiger partial charge in [0.05, 0.1) is 0 Å². The molecule has 3 rings (SSSR count). The second-order valence-corrected chi connectivity index (χ2v) is 7.88.